The molecule has 1 rings (SSSR count). The molecule has 0 atom stereocenters. The molecule has 6 nitrogen and oxygen atoms in total. The smallest absolute Gasteiger partial charge is 0.269 e. The number of nitrogen functional groups attached to an aromatic ring is 1. The third-order valence-corrected chi connectivity index (χ3v) is 3.08. The maximum atomic E-state index is 12.1. The van der Waals surface area contributed by atoms with Crippen molar-refractivity contribution in [2.24, 2.45) is 0 Å². The van der Waals surface area contributed by atoms with E-state index < -0.39 is 0 Å². The molecule has 108 valence electrons. The van der Waals surface area contributed by atoms with Crippen LogP contribution in [0.1, 0.15) is 44.2 Å². The monoisotopic (exact) mass is 267 g/mol. The Morgan fingerprint density at radius 2 is 2.11 bits per heavy atom. The van der Waals surface area contributed by atoms with E-state index in [1.807, 2.05) is 13.8 Å². The summed E-state index contributed by atoms with van der Waals surface area (Å²) in [5.41, 5.74) is 6.18. The largest absolute Gasteiger partial charge is 0.382 e. The van der Waals surface area contributed by atoms with E-state index in [9.17, 15) is 4.79 Å². The Hall–Kier alpha value is -1.56. The minimum atomic E-state index is -0.120. The van der Waals surface area contributed by atoms with Crippen LogP contribution in [-0.2, 0) is 0 Å². The molecule has 3 N–H and O–H groups in total. The number of anilines is 1. The number of nitrogens with zero attached hydrogens (tertiary/aromatic N) is 3. The minimum absolute atomic E-state index is 0.112. The van der Waals surface area contributed by atoms with Gasteiger partial charge >= 0.3 is 0 Å². The van der Waals surface area contributed by atoms with Crippen molar-refractivity contribution in [3.05, 3.63) is 11.8 Å². The standard InChI is InChI=1S/C13H25N5O/c1-5-17(6-2)8-7-15-13(19)11-9-12(14)16-18(11)10(3)4/h9-10H,5-8H2,1-4H3,(H2,14,16)(H,15,19). The predicted molar refractivity (Wildman–Crippen MR) is 77.1 cm³/mol. The molecule has 6 heteroatoms. The number of hydrogen-bond donors (Lipinski definition) is 2. The van der Waals surface area contributed by atoms with Gasteiger partial charge in [-0.25, -0.2) is 0 Å². The summed E-state index contributed by atoms with van der Waals surface area (Å²) < 4.78 is 1.65. The fourth-order valence-electron chi connectivity index (χ4n) is 1.93. The van der Waals surface area contributed by atoms with Gasteiger partial charge in [0.2, 0.25) is 0 Å². The van der Waals surface area contributed by atoms with Gasteiger partial charge in [0.25, 0.3) is 5.91 Å². The van der Waals surface area contributed by atoms with E-state index in [0.29, 0.717) is 18.1 Å². The van der Waals surface area contributed by atoms with Crippen LogP contribution in [0.3, 0.4) is 0 Å². The number of likely N-dealkylation sites (N-methyl/N-ethyl adjacent to an activating group) is 1. The molecule has 0 saturated heterocycles. The lowest BCUT2D eigenvalue weighted by atomic mass is 10.3. The van der Waals surface area contributed by atoms with Gasteiger partial charge < -0.3 is 16.0 Å². The highest BCUT2D eigenvalue weighted by atomic mass is 16.2. The summed E-state index contributed by atoms with van der Waals surface area (Å²) in [4.78, 5) is 14.4. The molecule has 19 heavy (non-hydrogen) atoms. The zero-order chi connectivity index (χ0) is 14.4. The molecule has 0 aromatic carbocycles. The number of nitrogens with one attached hydrogen (secondary N) is 1. The molecule has 0 spiro atoms. The van der Waals surface area contributed by atoms with E-state index in [0.717, 1.165) is 19.6 Å². The van der Waals surface area contributed by atoms with Gasteiger partial charge in [-0.2, -0.15) is 5.10 Å². The maximum absolute atomic E-state index is 12.1. The molecule has 1 amide bonds. The highest BCUT2D eigenvalue weighted by molar-refractivity contribution is 5.93. The molecule has 1 aromatic rings. The summed E-state index contributed by atoms with van der Waals surface area (Å²) in [6, 6.07) is 1.73. The van der Waals surface area contributed by atoms with Crippen LogP contribution in [-0.4, -0.2) is 46.8 Å². The zero-order valence-corrected chi connectivity index (χ0v) is 12.3. The molecule has 0 radical (unpaired) electrons. The summed E-state index contributed by atoms with van der Waals surface area (Å²) in [7, 11) is 0. The first-order valence-electron chi connectivity index (χ1n) is 6.85. The fourth-order valence-corrected chi connectivity index (χ4v) is 1.93. The normalized spacial score (nSPS) is 11.3. The Kier molecular flexibility index (Phi) is 5.82. The zero-order valence-electron chi connectivity index (χ0n) is 12.3. The first-order chi connectivity index (χ1) is 8.99. The van der Waals surface area contributed by atoms with Crippen LogP contribution >= 0.6 is 0 Å². The van der Waals surface area contributed by atoms with Gasteiger partial charge in [0.05, 0.1) is 0 Å². The third kappa shape index (κ3) is 4.24. The van der Waals surface area contributed by atoms with Crippen LogP contribution in [0.5, 0.6) is 0 Å². The van der Waals surface area contributed by atoms with Crippen molar-refractivity contribution >= 4 is 11.7 Å². The average Bonchev–Trinajstić information content (AvgIpc) is 2.77. The Morgan fingerprint density at radius 3 is 2.63 bits per heavy atom. The van der Waals surface area contributed by atoms with Crippen LogP contribution < -0.4 is 11.1 Å². The Balaban J connectivity index is 2.59. The second kappa shape index (κ2) is 7.13. The maximum Gasteiger partial charge on any atom is 0.269 e. The van der Waals surface area contributed by atoms with Crippen molar-refractivity contribution in [1.29, 1.82) is 0 Å². The van der Waals surface area contributed by atoms with E-state index >= 15 is 0 Å². The van der Waals surface area contributed by atoms with Crippen LogP contribution in [0.15, 0.2) is 6.07 Å². The molecule has 1 aromatic heterocycles. The van der Waals surface area contributed by atoms with Crippen molar-refractivity contribution in [2.45, 2.75) is 33.7 Å². The van der Waals surface area contributed by atoms with E-state index in [-0.39, 0.29) is 11.9 Å². The van der Waals surface area contributed by atoms with Gasteiger partial charge in [0.1, 0.15) is 11.5 Å². The summed E-state index contributed by atoms with van der Waals surface area (Å²) >= 11 is 0. The van der Waals surface area contributed by atoms with Crippen LogP contribution in [0.4, 0.5) is 5.82 Å². The van der Waals surface area contributed by atoms with Crippen molar-refractivity contribution in [3.8, 4) is 0 Å². The topological polar surface area (TPSA) is 76.2 Å². The number of carbonyl (C=O) groups is 1. The van der Waals surface area contributed by atoms with Crippen molar-refractivity contribution in [2.75, 3.05) is 31.9 Å². The Morgan fingerprint density at radius 1 is 1.47 bits per heavy atom. The van der Waals surface area contributed by atoms with Crippen molar-refractivity contribution in [1.82, 2.24) is 20.0 Å². The lowest BCUT2D eigenvalue weighted by Crippen LogP contribution is -2.35. The quantitative estimate of drug-likeness (QED) is 0.776. The SMILES string of the molecule is CCN(CC)CCNC(=O)c1cc(N)nn1C(C)C. The molecule has 0 unspecified atom stereocenters. The molecular formula is C13H25N5O. The first kappa shape index (κ1) is 15.5. The van der Waals surface area contributed by atoms with Gasteiger partial charge in [-0.15, -0.1) is 0 Å². The van der Waals surface area contributed by atoms with E-state index in [4.69, 9.17) is 5.73 Å². The van der Waals surface area contributed by atoms with Gasteiger partial charge in [-0.1, -0.05) is 13.8 Å². The van der Waals surface area contributed by atoms with Crippen LogP contribution in [0, 0.1) is 0 Å². The van der Waals surface area contributed by atoms with Gasteiger partial charge in [0.15, 0.2) is 0 Å². The molecular weight excluding hydrogens is 242 g/mol. The molecule has 0 bridgehead atoms. The lowest BCUT2D eigenvalue weighted by molar-refractivity contribution is 0.0936. The van der Waals surface area contributed by atoms with Crippen molar-refractivity contribution in [3.63, 3.8) is 0 Å². The second-order valence-electron chi connectivity index (χ2n) is 4.78. The summed E-state index contributed by atoms with van der Waals surface area (Å²) in [6.07, 6.45) is 0. The van der Waals surface area contributed by atoms with Gasteiger partial charge in [0, 0.05) is 25.2 Å². The van der Waals surface area contributed by atoms with E-state index in [1.165, 1.54) is 0 Å². The number of amides is 1. The van der Waals surface area contributed by atoms with Crippen LogP contribution in [0.25, 0.3) is 0 Å². The summed E-state index contributed by atoms with van der Waals surface area (Å²) in [6.45, 7) is 11.6. The Labute approximate surface area is 114 Å². The number of carbonyl (C=O) groups excluding carboxylic acids is 1. The fraction of sp³-hybridized carbons (Fsp3) is 0.692. The highest BCUT2D eigenvalue weighted by Crippen LogP contribution is 2.12. The van der Waals surface area contributed by atoms with E-state index in [1.54, 1.807) is 10.7 Å². The van der Waals surface area contributed by atoms with Crippen LogP contribution in [0.2, 0.25) is 0 Å². The molecule has 0 aliphatic rings. The predicted octanol–water partition coefficient (Wildman–Crippen LogP) is 1.12. The third-order valence-electron chi connectivity index (χ3n) is 3.08. The number of hydrogen-bond acceptors (Lipinski definition) is 4. The summed E-state index contributed by atoms with van der Waals surface area (Å²) in [5.74, 6) is 0.257. The van der Waals surface area contributed by atoms with E-state index in [2.05, 4.69) is 29.2 Å². The highest BCUT2D eigenvalue weighted by Gasteiger charge is 2.15. The molecule has 0 aliphatic carbocycles. The minimum Gasteiger partial charge on any atom is -0.382 e. The number of aromatic nitrogens is 2. The summed E-state index contributed by atoms with van der Waals surface area (Å²) in [5, 5.41) is 7.04. The molecule has 0 fully saturated rings. The van der Waals surface area contributed by atoms with Gasteiger partial charge in [-0.3, -0.25) is 9.48 Å². The number of rotatable bonds is 7. The molecule has 0 aliphatic heterocycles. The lowest BCUT2D eigenvalue weighted by Gasteiger charge is -2.18. The Bertz CT molecular complexity index is 409. The number of nitrogens with two attached hydrogens (primary N) is 1. The molecule has 0 saturated carbocycles. The van der Waals surface area contributed by atoms with Crippen molar-refractivity contribution < 1.29 is 4.79 Å². The van der Waals surface area contributed by atoms with Gasteiger partial charge in [-0.05, 0) is 26.9 Å². The molecule has 1 heterocycles. The first-order valence-corrected chi connectivity index (χ1v) is 6.85. The second-order valence-corrected chi connectivity index (χ2v) is 4.78. The average molecular weight is 267 g/mol.